The summed E-state index contributed by atoms with van der Waals surface area (Å²) >= 11 is 13.5. The van der Waals surface area contributed by atoms with Gasteiger partial charge < -0.3 is 14.8 Å². The largest absolute Gasteiger partial charge is 0.459 e. The van der Waals surface area contributed by atoms with Gasteiger partial charge in [-0.15, -0.1) is 11.3 Å². The summed E-state index contributed by atoms with van der Waals surface area (Å²) in [5.74, 6) is 1.14. The van der Waals surface area contributed by atoms with Crippen molar-refractivity contribution in [2.75, 3.05) is 5.32 Å². The number of thiazole rings is 1. The molecule has 0 aliphatic rings. The first-order valence-electron chi connectivity index (χ1n) is 6.49. The SMILES string of the molecule is OCc1ccc(-c2ccc(NCc3cnc(Cl)s3)cc2Cl)o1. The normalized spacial score (nSPS) is 10.9. The van der Waals surface area contributed by atoms with Gasteiger partial charge in [-0.1, -0.05) is 23.2 Å². The molecule has 3 aromatic rings. The highest BCUT2D eigenvalue weighted by molar-refractivity contribution is 7.15. The van der Waals surface area contributed by atoms with Crippen LogP contribution in [0.2, 0.25) is 9.49 Å². The van der Waals surface area contributed by atoms with Crippen LogP contribution in [0.3, 0.4) is 0 Å². The predicted octanol–water partition coefficient (Wildman–Crippen LogP) is 4.81. The topological polar surface area (TPSA) is 58.3 Å². The zero-order chi connectivity index (χ0) is 15.5. The van der Waals surface area contributed by atoms with Crippen LogP contribution in [0, 0.1) is 0 Å². The van der Waals surface area contributed by atoms with Crippen molar-refractivity contribution in [3.8, 4) is 11.3 Å². The summed E-state index contributed by atoms with van der Waals surface area (Å²) in [7, 11) is 0. The molecule has 0 aliphatic heterocycles. The third kappa shape index (κ3) is 3.44. The first kappa shape index (κ1) is 15.4. The minimum absolute atomic E-state index is 0.130. The summed E-state index contributed by atoms with van der Waals surface area (Å²) in [5.41, 5.74) is 1.68. The van der Waals surface area contributed by atoms with E-state index in [-0.39, 0.29) is 6.61 Å². The number of hydrogen-bond donors (Lipinski definition) is 2. The lowest BCUT2D eigenvalue weighted by molar-refractivity contribution is 0.248. The number of nitrogens with one attached hydrogen (secondary N) is 1. The van der Waals surface area contributed by atoms with Crippen LogP contribution >= 0.6 is 34.5 Å². The van der Waals surface area contributed by atoms with Crippen molar-refractivity contribution in [2.45, 2.75) is 13.2 Å². The third-order valence-electron chi connectivity index (χ3n) is 3.04. The zero-order valence-corrected chi connectivity index (χ0v) is 13.7. The summed E-state index contributed by atoms with van der Waals surface area (Å²) < 4.78 is 6.03. The lowest BCUT2D eigenvalue weighted by Gasteiger charge is -2.07. The van der Waals surface area contributed by atoms with Crippen LogP contribution in [-0.2, 0) is 13.2 Å². The molecule has 3 rings (SSSR count). The predicted molar refractivity (Wildman–Crippen MR) is 89.5 cm³/mol. The lowest BCUT2D eigenvalue weighted by Crippen LogP contribution is -1.97. The molecule has 1 aromatic carbocycles. The molecule has 22 heavy (non-hydrogen) atoms. The molecule has 2 N–H and O–H groups in total. The number of benzene rings is 1. The number of aliphatic hydroxyl groups is 1. The highest BCUT2D eigenvalue weighted by atomic mass is 35.5. The molecule has 7 heteroatoms. The van der Waals surface area contributed by atoms with Crippen molar-refractivity contribution in [1.29, 1.82) is 0 Å². The smallest absolute Gasteiger partial charge is 0.183 e. The summed E-state index contributed by atoms with van der Waals surface area (Å²) in [5, 5.41) is 12.9. The number of anilines is 1. The fourth-order valence-corrected chi connectivity index (χ4v) is 3.18. The van der Waals surface area contributed by atoms with E-state index < -0.39 is 0 Å². The molecule has 0 atom stereocenters. The fourth-order valence-electron chi connectivity index (χ4n) is 1.99. The van der Waals surface area contributed by atoms with Crippen LogP contribution in [0.25, 0.3) is 11.3 Å². The Bertz CT molecular complexity index is 785. The minimum atomic E-state index is -0.130. The number of hydrogen-bond acceptors (Lipinski definition) is 5. The summed E-state index contributed by atoms with van der Waals surface area (Å²) in [6.07, 6.45) is 1.75. The number of halogens is 2. The van der Waals surface area contributed by atoms with E-state index in [1.54, 1.807) is 18.3 Å². The molecule has 0 bridgehead atoms. The maximum Gasteiger partial charge on any atom is 0.183 e. The van der Waals surface area contributed by atoms with Gasteiger partial charge in [-0.25, -0.2) is 4.98 Å². The van der Waals surface area contributed by atoms with Gasteiger partial charge in [0, 0.05) is 22.3 Å². The standard InChI is InChI=1S/C15H12Cl2N2O2S/c16-13-5-9(18-6-11-7-19-15(17)22-11)1-3-12(13)14-4-2-10(8-20)21-14/h1-5,7,18,20H,6,8H2. The molecular formula is C15H12Cl2N2O2S. The van der Waals surface area contributed by atoms with E-state index in [2.05, 4.69) is 10.3 Å². The third-order valence-corrected chi connectivity index (χ3v) is 4.47. The van der Waals surface area contributed by atoms with Gasteiger partial charge >= 0.3 is 0 Å². The molecule has 0 saturated carbocycles. The first-order valence-corrected chi connectivity index (χ1v) is 8.06. The summed E-state index contributed by atoms with van der Waals surface area (Å²) in [6.45, 7) is 0.504. The Morgan fingerprint density at radius 2 is 2.09 bits per heavy atom. The van der Waals surface area contributed by atoms with Gasteiger partial charge in [0.2, 0.25) is 0 Å². The Morgan fingerprint density at radius 3 is 2.73 bits per heavy atom. The van der Waals surface area contributed by atoms with Gasteiger partial charge in [-0.05, 0) is 30.3 Å². The van der Waals surface area contributed by atoms with E-state index in [1.165, 1.54) is 11.3 Å². The average molecular weight is 355 g/mol. The highest BCUT2D eigenvalue weighted by Gasteiger charge is 2.09. The Kier molecular flexibility index (Phi) is 4.69. The molecule has 2 heterocycles. The molecule has 0 radical (unpaired) electrons. The second-order valence-electron chi connectivity index (χ2n) is 4.55. The monoisotopic (exact) mass is 354 g/mol. The molecule has 0 amide bonds. The van der Waals surface area contributed by atoms with E-state index in [4.69, 9.17) is 32.7 Å². The van der Waals surface area contributed by atoms with Crippen LogP contribution in [-0.4, -0.2) is 10.1 Å². The maximum atomic E-state index is 9.04. The van der Waals surface area contributed by atoms with Crippen molar-refractivity contribution in [2.24, 2.45) is 0 Å². The quantitative estimate of drug-likeness (QED) is 0.689. The van der Waals surface area contributed by atoms with Crippen LogP contribution < -0.4 is 5.32 Å². The number of aliphatic hydroxyl groups excluding tert-OH is 1. The molecule has 0 spiro atoms. The van der Waals surface area contributed by atoms with E-state index in [0.29, 0.717) is 27.6 Å². The van der Waals surface area contributed by atoms with Crippen LogP contribution in [0.15, 0.2) is 40.9 Å². The second kappa shape index (κ2) is 6.71. The zero-order valence-electron chi connectivity index (χ0n) is 11.3. The van der Waals surface area contributed by atoms with Crippen LogP contribution in [0.1, 0.15) is 10.6 Å². The van der Waals surface area contributed by atoms with E-state index in [1.807, 2.05) is 18.2 Å². The highest BCUT2D eigenvalue weighted by Crippen LogP contribution is 2.32. The molecule has 4 nitrogen and oxygen atoms in total. The van der Waals surface area contributed by atoms with Crippen molar-refractivity contribution in [1.82, 2.24) is 4.98 Å². The van der Waals surface area contributed by atoms with Gasteiger partial charge in [0.05, 0.1) is 11.6 Å². The second-order valence-corrected chi connectivity index (χ2v) is 6.66. The van der Waals surface area contributed by atoms with Gasteiger partial charge in [-0.3, -0.25) is 0 Å². The number of rotatable bonds is 5. The van der Waals surface area contributed by atoms with Gasteiger partial charge in [-0.2, -0.15) is 0 Å². The van der Waals surface area contributed by atoms with E-state index in [0.717, 1.165) is 16.1 Å². The van der Waals surface area contributed by atoms with Crippen molar-refractivity contribution in [3.05, 3.63) is 56.7 Å². The van der Waals surface area contributed by atoms with Crippen molar-refractivity contribution in [3.63, 3.8) is 0 Å². The Morgan fingerprint density at radius 1 is 1.23 bits per heavy atom. The number of nitrogens with zero attached hydrogens (tertiary/aromatic N) is 1. The molecule has 2 aromatic heterocycles. The van der Waals surface area contributed by atoms with Crippen LogP contribution in [0.4, 0.5) is 5.69 Å². The van der Waals surface area contributed by atoms with Crippen LogP contribution in [0.5, 0.6) is 0 Å². The molecule has 0 unspecified atom stereocenters. The molecule has 0 saturated heterocycles. The molecule has 0 fully saturated rings. The van der Waals surface area contributed by atoms with Gasteiger partial charge in [0.25, 0.3) is 0 Å². The van der Waals surface area contributed by atoms with Crippen molar-refractivity contribution < 1.29 is 9.52 Å². The summed E-state index contributed by atoms with van der Waals surface area (Å²) in [4.78, 5) is 5.04. The lowest BCUT2D eigenvalue weighted by atomic mass is 10.1. The summed E-state index contributed by atoms with van der Waals surface area (Å²) in [6, 6.07) is 9.15. The Hall–Kier alpha value is -1.53. The molecule has 114 valence electrons. The Labute approximate surface area is 141 Å². The van der Waals surface area contributed by atoms with Gasteiger partial charge in [0.15, 0.2) is 4.47 Å². The van der Waals surface area contributed by atoms with Gasteiger partial charge in [0.1, 0.15) is 18.1 Å². The first-order chi connectivity index (χ1) is 10.7. The van der Waals surface area contributed by atoms with Crippen molar-refractivity contribution >= 4 is 40.2 Å². The number of furan rings is 1. The fraction of sp³-hybridized carbons (Fsp3) is 0.133. The average Bonchev–Trinajstić information content (AvgIpc) is 3.14. The number of aromatic nitrogens is 1. The van der Waals surface area contributed by atoms with E-state index >= 15 is 0 Å². The molecule has 0 aliphatic carbocycles. The molecular weight excluding hydrogens is 343 g/mol. The van der Waals surface area contributed by atoms with E-state index in [9.17, 15) is 0 Å². The maximum absolute atomic E-state index is 9.04. The Balaban J connectivity index is 1.74. The minimum Gasteiger partial charge on any atom is -0.459 e.